The molecule has 3 nitrogen and oxygen atoms in total. The van der Waals surface area contributed by atoms with Gasteiger partial charge in [0.15, 0.2) is 0 Å². The molecule has 21 heavy (non-hydrogen) atoms. The van der Waals surface area contributed by atoms with Crippen LogP contribution in [0, 0.1) is 5.41 Å². The minimum atomic E-state index is 0.337. The highest BCUT2D eigenvalue weighted by atomic mass is 16.2. The van der Waals surface area contributed by atoms with E-state index in [2.05, 4.69) is 22.3 Å². The zero-order valence-corrected chi connectivity index (χ0v) is 12.8. The van der Waals surface area contributed by atoms with Gasteiger partial charge in [-0.3, -0.25) is 4.79 Å². The van der Waals surface area contributed by atoms with E-state index >= 15 is 0 Å². The summed E-state index contributed by atoms with van der Waals surface area (Å²) in [6.07, 6.45) is 6.49. The van der Waals surface area contributed by atoms with Crippen molar-refractivity contribution in [1.82, 2.24) is 10.2 Å². The van der Waals surface area contributed by atoms with E-state index in [9.17, 15) is 4.79 Å². The molecule has 0 aliphatic carbocycles. The first-order valence-corrected chi connectivity index (χ1v) is 8.30. The summed E-state index contributed by atoms with van der Waals surface area (Å²) in [6.45, 7) is 4.15. The molecule has 3 heteroatoms. The summed E-state index contributed by atoms with van der Waals surface area (Å²) in [7, 11) is 0. The molecule has 1 aromatic rings. The fourth-order valence-electron chi connectivity index (χ4n) is 3.85. The summed E-state index contributed by atoms with van der Waals surface area (Å²) in [5.74, 6) is 0.337. The highest BCUT2D eigenvalue weighted by molar-refractivity contribution is 5.76. The van der Waals surface area contributed by atoms with E-state index in [4.69, 9.17) is 0 Å². The van der Waals surface area contributed by atoms with Gasteiger partial charge < -0.3 is 10.2 Å². The molecule has 1 amide bonds. The number of hydrogen-bond acceptors (Lipinski definition) is 2. The summed E-state index contributed by atoms with van der Waals surface area (Å²) in [5.41, 5.74) is 1.62. The zero-order valence-electron chi connectivity index (χ0n) is 12.8. The molecule has 0 radical (unpaired) electrons. The van der Waals surface area contributed by atoms with Crippen LogP contribution in [0.25, 0.3) is 0 Å². The van der Waals surface area contributed by atoms with Crippen LogP contribution in [0.2, 0.25) is 0 Å². The number of rotatable bonds is 3. The molecule has 1 spiro atoms. The van der Waals surface area contributed by atoms with Crippen molar-refractivity contribution in [3.63, 3.8) is 0 Å². The van der Waals surface area contributed by atoms with Crippen LogP contribution in [0.4, 0.5) is 0 Å². The number of amides is 1. The predicted octanol–water partition coefficient (Wildman–Crippen LogP) is 2.61. The third kappa shape index (κ3) is 3.65. The zero-order chi connectivity index (χ0) is 14.5. The lowest BCUT2D eigenvalue weighted by molar-refractivity contribution is -0.135. The smallest absolute Gasteiger partial charge is 0.222 e. The predicted molar refractivity (Wildman–Crippen MR) is 85.1 cm³/mol. The molecule has 1 aromatic carbocycles. The van der Waals surface area contributed by atoms with Gasteiger partial charge >= 0.3 is 0 Å². The average Bonchev–Trinajstić information content (AvgIpc) is 2.54. The van der Waals surface area contributed by atoms with Crippen LogP contribution in [-0.4, -0.2) is 37.0 Å². The van der Waals surface area contributed by atoms with Gasteiger partial charge in [-0.1, -0.05) is 30.3 Å². The molecule has 3 rings (SSSR count). The summed E-state index contributed by atoms with van der Waals surface area (Å²) in [5, 5.41) is 3.52. The molecule has 114 valence electrons. The van der Waals surface area contributed by atoms with Crippen molar-refractivity contribution in [2.24, 2.45) is 5.41 Å². The lowest BCUT2D eigenvalue weighted by Gasteiger charge is -2.45. The lowest BCUT2D eigenvalue weighted by Crippen LogP contribution is -2.52. The fraction of sp³-hybridized carbons (Fsp3) is 0.611. The van der Waals surface area contributed by atoms with E-state index in [0.717, 1.165) is 32.6 Å². The molecule has 2 aliphatic heterocycles. The average molecular weight is 286 g/mol. The Morgan fingerprint density at radius 3 is 2.76 bits per heavy atom. The van der Waals surface area contributed by atoms with Crippen LogP contribution < -0.4 is 5.32 Å². The maximum atomic E-state index is 12.5. The molecule has 2 saturated heterocycles. The number of likely N-dealkylation sites (tertiary alicyclic amines) is 1. The Kier molecular flexibility index (Phi) is 4.59. The molecule has 0 bridgehead atoms. The maximum Gasteiger partial charge on any atom is 0.222 e. The minimum Gasteiger partial charge on any atom is -0.342 e. The van der Waals surface area contributed by atoms with Crippen LogP contribution in [-0.2, 0) is 11.2 Å². The summed E-state index contributed by atoms with van der Waals surface area (Å²) in [6, 6.07) is 10.3. The SMILES string of the molecule is O=C(CCc1ccccc1)N1CCCC2(CCCNC2)C1. The number of nitrogens with one attached hydrogen (secondary N) is 1. The molecule has 0 aromatic heterocycles. The monoisotopic (exact) mass is 286 g/mol. The molecule has 1 N–H and O–H groups in total. The normalized spacial score (nSPS) is 26.0. The summed E-state index contributed by atoms with van der Waals surface area (Å²) >= 11 is 0. The second kappa shape index (κ2) is 6.61. The third-order valence-corrected chi connectivity index (χ3v) is 5.05. The third-order valence-electron chi connectivity index (χ3n) is 5.05. The minimum absolute atomic E-state index is 0.337. The Morgan fingerprint density at radius 1 is 1.19 bits per heavy atom. The number of piperidine rings is 2. The fourth-order valence-corrected chi connectivity index (χ4v) is 3.85. The van der Waals surface area contributed by atoms with Crippen LogP contribution in [0.3, 0.4) is 0 Å². The molecule has 1 atom stereocenters. The van der Waals surface area contributed by atoms with Gasteiger partial charge in [0.05, 0.1) is 0 Å². The van der Waals surface area contributed by atoms with Gasteiger partial charge in [-0.25, -0.2) is 0 Å². The van der Waals surface area contributed by atoms with Crippen LogP contribution >= 0.6 is 0 Å². The summed E-state index contributed by atoms with van der Waals surface area (Å²) in [4.78, 5) is 14.6. The van der Waals surface area contributed by atoms with Gasteiger partial charge in [0.25, 0.3) is 0 Å². The second-order valence-electron chi connectivity index (χ2n) is 6.68. The number of hydrogen-bond donors (Lipinski definition) is 1. The molecular weight excluding hydrogens is 260 g/mol. The van der Waals surface area contributed by atoms with Crippen molar-refractivity contribution < 1.29 is 4.79 Å². The molecule has 1 unspecified atom stereocenters. The maximum absolute atomic E-state index is 12.5. The highest BCUT2D eigenvalue weighted by Gasteiger charge is 2.37. The second-order valence-corrected chi connectivity index (χ2v) is 6.68. The first-order valence-electron chi connectivity index (χ1n) is 8.30. The van der Waals surface area contributed by atoms with Crippen molar-refractivity contribution in [2.45, 2.75) is 38.5 Å². The molecule has 2 heterocycles. The highest BCUT2D eigenvalue weighted by Crippen LogP contribution is 2.36. The first-order chi connectivity index (χ1) is 10.3. The number of carbonyl (C=O) groups excluding carboxylic acids is 1. The Balaban J connectivity index is 1.54. The van der Waals surface area contributed by atoms with E-state index < -0.39 is 0 Å². The first kappa shape index (κ1) is 14.6. The lowest BCUT2D eigenvalue weighted by atomic mass is 9.74. The van der Waals surface area contributed by atoms with Crippen molar-refractivity contribution in [1.29, 1.82) is 0 Å². The van der Waals surface area contributed by atoms with Crippen LogP contribution in [0.5, 0.6) is 0 Å². The van der Waals surface area contributed by atoms with Gasteiger partial charge in [0, 0.05) is 31.5 Å². The molecule has 2 aliphatic rings. The Bertz CT molecular complexity index is 460. The van der Waals surface area contributed by atoms with Gasteiger partial charge in [-0.05, 0) is 44.2 Å². The van der Waals surface area contributed by atoms with E-state index in [0.29, 0.717) is 17.7 Å². The molecule has 2 fully saturated rings. The van der Waals surface area contributed by atoms with Crippen molar-refractivity contribution in [3.05, 3.63) is 35.9 Å². The Hall–Kier alpha value is -1.35. The van der Waals surface area contributed by atoms with E-state index in [1.165, 1.54) is 31.2 Å². The van der Waals surface area contributed by atoms with E-state index in [1.54, 1.807) is 0 Å². The van der Waals surface area contributed by atoms with Gasteiger partial charge in [-0.15, -0.1) is 0 Å². The van der Waals surface area contributed by atoms with Crippen LogP contribution in [0.1, 0.15) is 37.7 Å². The van der Waals surface area contributed by atoms with Gasteiger partial charge in [0.2, 0.25) is 5.91 Å². The molecular formula is C18H26N2O. The standard InChI is InChI=1S/C18H26N2O/c21-17(9-8-16-6-2-1-3-7-16)20-13-5-11-18(15-20)10-4-12-19-14-18/h1-3,6-7,19H,4-5,8-15H2. The van der Waals surface area contributed by atoms with Crippen molar-refractivity contribution in [3.8, 4) is 0 Å². The topological polar surface area (TPSA) is 32.3 Å². The number of aryl methyl sites for hydroxylation is 1. The largest absolute Gasteiger partial charge is 0.342 e. The quantitative estimate of drug-likeness (QED) is 0.926. The van der Waals surface area contributed by atoms with Crippen molar-refractivity contribution >= 4 is 5.91 Å². The van der Waals surface area contributed by atoms with Gasteiger partial charge in [0.1, 0.15) is 0 Å². The Labute approximate surface area is 127 Å². The van der Waals surface area contributed by atoms with E-state index in [1.807, 2.05) is 18.2 Å². The number of nitrogens with zero attached hydrogens (tertiary/aromatic N) is 1. The van der Waals surface area contributed by atoms with Crippen LogP contribution in [0.15, 0.2) is 30.3 Å². The van der Waals surface area contributed by atoms with Gasteiger partial charge in [-0.2, -0.15) is 0 Å². The molecule has 0 saturated carbocycles. The Morgan fingerprint density at radius 2 is 2.00 bits per heavy atom. The van der Waals surface area contributed by atoms with E-state index in [-0.39, 0.29) is 0 Å². The number of benzene rings is 1. The van der Waals surface area contributed by atoms with Crippen molar-refractivity contribution in [2.75, 3.05) is 26.2 Å². The summed E-state index contributed by atoms with van der Waals surface area (Å²) < 4.78 is 0. The number of carbonyl (C=O) groups is 1.